The van der Waals surface area contributed by atoms with Crippen molar-refractivity contribution in [3.8, 4) is 0 Å². The van der Waals surface area contributed by atoms with Crippen molar-refractivity contribution in [3.05, 3.63) is 35.9 Å². The molecule has 0 bridgehead atoms. The SMILES string of the molecule is COC(=O)O[C@H](CCCCOCc1ccccc1)[C@H](C)[C@@H]1CO1. The lowest BCUT2D eigenvalue weighted by atomic mass is 9.96. The molecule has 128 valence electrons. The first-order valence-electron chi connectivity index (χ1n) is 8.18. The van der Waals surface area contributed by atoms with E-state index in [9.17, 15) is 4.79 Å². The first-order valence-corrected chi connectivity index (χ1v) is 8.18. The number of hydrogen-bond acceptors (Lipinski definition) is 5. The maximum Gasteiger partial charge on any atom is 0.508 e. The van der Waals surface area contributed by atoms with Gasteiger partial charge in [-0.1, -0.05) is 37.3 Å². The summed E-state index contributed by atoms with van der Waals surface area (Å²) in [7, 11) is 1.33. The Morgan fingerprint density at radius 3 is 2.70 bits per heavy atom. The van der Waals surface area contributed by atoms with Gasteiger partial charge in [-0.25, -0.2) is 4.79 Å². The molecule has 1 aliphatic rings. The molecule has 1 aromatic rings. The van der Waals surface area contributed by atoms with Crippen LogP contribution in [-0.4, -0.2) is 38.7 Å². The minimum Gasteiger partial charge on any atom is -0.438 e. The third kappa shape index (κ3) is 6.59. The van der Waals surface area contributed by atoms with Gasteiger partial charge in [0.2, 0.25) is 0 Å². The molecular formula is C18H26O5. The molecule has 0 spiro atoms. The topological polar surface area (TPSA) is 57.3 Å². The first kappa shape index (κ1) is 17.8. The standard InChI is InChI=1S/C18H26O5/c1-14(17-13-22-17)16(23-18(19)20-2)10-6-7-11-21-12-15-8-4-3-5-9-15/h3-5,8-9,14,16-17H,6-7,10-13H2,1-2H3/t14-,16+,17-/m0/s1. The van der Waals surface area contributed by atoms with Gasteiger partial charge >= 0.3 is 6.16 Å². The molecule has 23 heavy (non-hydrogen) atoms. The fourth-order valence-corrected chi connectivity index (χ4v) is 2.51. The summed E-state index contributed by atoms with van der Waals surface area (Å²) in [6.07, 6.45) is 2.09. The smallest absolute Gasteiger partial charge is 0.438 e. The van der Waals surface area contributed by atoms with Crippen molar-refractivity contribution in [2.24, 2.45) is 5.92 Å². The number of hydrogen-bond donors (Lipinski definition) is 0. The lowest BCUT2D eigenvalue weighted by molar-refractivity contribution is 0.00506. The maximum absolute atomic E-state index is 11.4. The van der Waals surface area contributed by atoms with Gasteiger partial charge in [0, 0.05) is 12.5 Å². The average molecular weight is 322 g/mol. The van der Waals surface area contributed by atoms with Crippen molar-refractivity contribution in [3.63, 3.8) is 0 Å². The normalized spacial score (nSPS) is 19.0. The van der Waals surface area contributed by atoms with Gasteiger partial charge in [-0.05, 0) is 24.8 Å². The summed E-state index contributed by atoms with van der Waals surface area (Å²) in [5, 5.41) is 0. The Hall–Kier alpha value is -1.59. The highest BCUT2D eigenvalue weighted by atomic mass is 16.7. The van der Waals surface area contributed by atoms with Gasteiger partial charge in [-0.3, -0.25) is 0 Å². The summed E-state index contributed by atoms with van der Waals surface area (Å²) < 4.78 is 20.9. The van der Waals surface area contributed by atoms with Gasteiger partial charge < -0.3 is 18.9 Å². The third-order valence-electron chi connectivity index (χ3n) is 4.09. The Kier molecular flexibility index (Phi) is 7.36. The molecule has 1 saturated heterocycles. The summed E-state index contributed by atoms with van der Waals surface area (Å²) in [4.78, 5) is 11.4. The van der Waals surface area contributed by atoms with Crippen LogP contribution >= 0.6 is 0 Å². The molecule has 0 amide bonds. The summed E-state index contributed by atoms with van der Waals surface area (Å²) in [6, 6.07) is 10.1. The van der Waals surface area contributed by atoms with Crippen LogP contribution in [0.25, 0.3) is 0 Å². The van der Waals surface area contributed by atoms with E-state index in [1.807, 2.05) is 18.2 Å². The van der Waals surface area contributed by atoms with Crippen LogP contribution in [0, 0.1) is 5.92 Å². The average Bonchev–Trinajstić information content (AvgIpc) is 3.42. The predicted octanol–water partition coefficient (Wildman–Crippen LogP) is 3.56. The van der Waals surface area contributed by atoms with Gasteiger partial charge in [0.1, 0.15) is 6.10 Å². The molecule has 1 aromatic carbocycles. The molecular weight excluding hydrogens is 296 g/mol. The van der Waals surface area contributed by atoms with E-state index in [4.69, 9.17) is 14.2 Å². The van der Waals surface area contributed by atoms with E-state index in [0.717, 1.165) is 25.9 Å². The van der Waals surface area contributed by atoms with Gasteiger partial charge in [-0.15, -0.1) is 0 Å². The Labute approximate surface area is 137 Å². The number of benzene rings is 1. The number of carbonyl (C=O) groups is 1. The summed E-state index contributed by atoms with van der Waals surface area (Å²) in [5.41, 5.74) is 1.18. The highest BCUT2D eigenvalue weighted by molar-refractivity contribution is 5.59. The molecule has 5 nitrogen and oxygen atoms in total. The van der Waals surface area contributed by atoms with Crippen molar-refractivity contribution in [1.29, 1.82) is 0 Å². The number of epoxide rings is 1. The van der Waals surface area contributed by atoms with Crippen molar-refractivity contribution in [1.82, 2.24) is 0 Å². The molecule has 3 atom stereocenters. The number of carbonyl (C=O) groups excluding carboxylic acids is 1. The number of ether oxygens (including phenoxy) is 4. The zero-order chi connectivity index (χ0) is 16.5. The molecule has 0 unspecified atom stereocenters. The maximum atomic E-state index is 11.4. The van der Waals surface area contributed by atoms with Gasteiger partial charge in [0.25, 0.3) is 0 Å². The Bertz CT molecular complexity index is 458. The van der Waals surface area contributed by atoms with E-state index in [1.54, 1.807) is 0 Å². The van der Waals surface area contributed by atoms with E-state index >= 15 is 0 Å². The molecule has 0 aromatic heterocycles. The van der Waals surface area contributed by atoms with Gasteiger partial charge in [0.15, 0.2) is 0 Å². The fourth-order valence-electron chi connectivity index (χ4n) is 2.51. The Morgan fingerprint density at radius 2 is 2.04 bits per heavy atom. The highest BCUT2D eigenvalue weighted by Gasteiger charge is 2.36. The van der Waals surface area contributed by atoms with E-state index in [0.29, 0.717) is 13.2 Å². The second-order valence-corrected chi connectivity index (χ2v) is 5.88. The van der Waals surface area contributed by atoms with E-state index < -0.39 is 6.16 Å². The highest BCUT2D eigenvalue weighted by Crippen LogP contribution is 2.27. The second kappa shape index (κ2) is 9.53. The quantitative estimate of drug-likeness (QED) is 0.374. The van der Waals surface area contributed by atoms with Crippen LogP contribution in [0.5, 0.6) is 0 Å². The van der Waals surface area contributed by atoms with Crippen LogP contribution in [0.4, 0.5) is 4.79 Å². The zero-order valence-corrected chi connectivity index (χ0v) is 13.9. The van der Waals surface area contributed by atoms with E-state index in [2.05, 4.69) is 23.8 Å². The number of rotatable bonds is 10. The molecule has 2 rings (SSSR count). The summed E-state index contributed by atoms with van der Waals surface area (Å²) >= 11 is 0. The largest absolute Gasteiger partial charge is 0.508 e. The van der Waals surface area contributed by atoms with Crippen LogP contribution < -0.4 is 0 Å². The summed E-state index contributed by atoms with van der Waals surface area (Å²) in [6.45, 7) is 4.14. The zero-order valence-electron chi connectivity index (χ0n) is 13.9. The van der Waals surface area contributed by atoms with Crippen LogP contribution in [0.1, 0.15) is 31.7 Å². The molecule has 0 aliphatic carbocycles. The molecule has 0 saturated carbocycles. The van der Waals surface area contributed by atoms with Crippen LogP contribution in [-0.2, 0) is 25.6 Å². The van der Waals surface area contributed by atoms with Crippen molar-refractivity contribution < 1.29 is 23.7 Å². The minimum absolute atomic E-state index is 0.163. The lowest BCUT2D eigenvalue weighted by Gasteiger charge is -2.22. The van der Waals surface area contributed by atoms with E-state index in [1.165, 1.54) is 12.7 Å². The fraction of sp³-hybridized carbons (Fsp3) is 0.611. The van der Waals surface area contributed by atoms with Gasteiger partial charge in [0.05, 0.1) is 26.4 Å². The van der Waals surface area contributed by atoms with Crippen molar-refractivity contribution in [2.45, 2.75) is 45.0 Å². The van der Waals surface area contributed by atoms with Crippen LogP contribution in [0.2, 0.25) is 0 Å². The third-order valence-corrected chi connectivity index (χ3v) is 4.09. The van der Waals surface area contributed by atoms with Crippen molar-refractivity contribution in [2.75, 3.05) is 20.3 Å². The monoisotopic (exact) mass is 322 g/mol. The first-order chi connectivity index (χ1) is 11.2. The van der Waals surface area contributed by atoms with Gasteiger partial charge in [-0.2, -0.15) is 0 Å². The minimum atomic E-state index is -0.622. The van der Waals surface area contributed by atoms with Crippen molar-refractivity contribution >= 4 is 6.16 Å². The number of methoxy groups -OCH3 is 1. The van der Waals surface area contributed by atoms with Crippen LogP contribution in [0.3, 0.4) is 0 Å². The molecule has 5 heteroatoms. The predicted molar refractivity (Wildman–Crippen MR) is 86.1 cm³/mol. The molecule has 0 radical (unpaired) electrons. The second-order valence-electron chi connectivity index (χ2n) is 5.88. The van der Waals surface area contributed by atoms with Crippen LogP contribution in [0.15, 0.2) is 30.3 Å². The van der Waals surface area contributed by atoms with E-state index in [-0.39, 0.29) is 18.1 Å². The molecule has 1 heterocycles. The number of unbranched alkanes of at least 4 members (excludes halogenated alkanes) is 1. The Morgan fingerprint density at radius 1 is 1.30 bits per heavy atom. The summed E-state index contributed by atoms with van der Waals surface area (Å²) in [5.74, 6) is 0.194. The molecule has 1 fully saturated rings. The lowest BCUT2D eigenvalue weighted by Crippen LogP contribution is -2.28. The Balaban J connectivity index is 1.62. The molecule has 0 N–H and O–H groups in total. The molecule has 1 aliphatic heterocycles.